The zero-order valence-electron chi connectivity index (χ0n) is 13.3. The Kier molecular flexibility index (Phi) is 4.46. The number of carbonyl (C=O) groups is 1. The molecule has 1 aliphatic carbocycles. The van der Waals surface area contributed by atoms with E-state index in [0.717, 1.165) is 15.4 Å². The molecule has 0 heterocycles. The molecule has 0 aromatic heterocycles. The number of ether oxygens (including phenoxy) is 1. The topological polar surface area (TPSA) is 43.4 Å². The highest BCUT2D eigenvalue weighted by Gasteiger charge is 2.44. The van der Waals surface area contributed by atoms with E-state index >= 15 is 0 Å². The van der Waals surface area contributed by atoms with E-state index in [1.54, 1.807) is 7.11 Å². The lowest BCUT2D eigenvalue weighted by atomic mass is 9.86. The summed E-state index contributed by atoms with van der Waals surface area (Å²) in [5, 5.41) is 0. The molecule has 2 aromatic carbocycles. The predicted octanol–water partition coefficient (Wildman–Crippen LogP) is 3.70. The van der Waals surface area contributed by atoms with Gasteiger partial charge in [0, 0.05) is 35.7 Å². The van der Waals surface area contributed by atoms with E-state index in [4.69, 9.17) is 4.74 Å². The maximum atomic E-state index is 12.5. The van der Waals surface area contributed by atoms with E-state index in [2.05, 4.69) is 0 Å². The minimum atomic E-state index is -1.18. The molecule has 1 aliphatic rings. The average molecular weight is 328 g/mol. The van der Waals surface area contributed by atoms with Gasteiger partial charge in [0.05, 0.1) is 16.4 Å². The van der Waals surface area contributed by atoms with Gasteiger partial charge in [0.2, 0.25) is 0 Å². The first-order valence-corrected chi connectivity index (χ1v) is 8.82. The van der Waals surface area contributed by atoms with Crippen molar-refractivity contribution in [2.24, 2.45) is 0 Å². The van der Waals surface area contributed by atoms with Crippen LogP contribution < -0.4 is 0 Å². The van der Waals surface area contributed by atoms with Crippen LogP contribution in [-0.4, -0.2) is 22.7 Å². The number of Topliss-reactive ketones (excluding diaryl/α,β-unsaturated/α-hetero) is 1. The van der Waals surface area contributed by atoms with Gasteiger partial charge < -0.3 is 4.74 Å². The standard InChI is InChI=1S/C19H20O3S/c1-19(22-2)13-15(20)12-18(19)14-8-10-17(11-9-14)23(21)16-6-4-3-5-7-16/h3-11,18H,12-13H2,1-2H3/t18-,19+,23?/m1/s1. The quantitative estimate of drug-likeness (QED) is 0.859. The number of methoxy groups -OCH3 is 1. The van der Waals surface area contributed by atoms with Crippen LogP contribution in [0.25, 0.3) is 0 Å². The third kappa shape index (κ3) is 3.14. The molecule has 0 N–H and O–H groups in total. The summed E-state index contributed by atoms with van der Waals surface area (Å²) in [6.45, 7) is 1.98. The van der Waals surface area contributed by atoms with E-state index in [1.807, 2.05) is 61.5 Å². The molecule has 3 rings (SSSR count). The molecule has 0 bridgehead atoms. The Balaban J connectivity index is 1.85. The first-order chi connectivity index (χ1) is 11.0. The smallest absolute Gasteiger partial charge is 0.136 e. The Hall–Kier alpha value is -1.78. The van der Waals surface area contributed by atoms with E-state index in [1.165, 1.54) is 0 Å². The largest absolute Gasteiger partial charge is 0.377 e. The van der Waals surface area contributed by atoms with Crippen LogP contribution in [0.3, 0.4) is 0 Å². The van der Waals surface area contributed by atoms with Crippen molar-refractivity contribution in [3.05, 3.63) is 60.2 Å². The highest BCUT2D eigenvalue weighted by molar-refractivity contribution is 7.85. The molecular weight excluding hydrogens is 308 g/mol. The molecule has 0 amide bonds. The second-order valence-corrected chi connectivity index (χ2v) is 7.62. The van der Waals surface area contributed by atoms with Crippen LogP contribution in [0.1, 0.15) is 31.2 Å². The first kappa shape index (κ1) is 16.1. The zero-order valence-corrected chi connectivity index (χ0v) is 14.1. The van der Waals surface area contributed by atoms with Crippen LogP contribution in [0, 0.1) is 0 Å². The monoisotopic (exact) mass is 328 g/mol. The molecule has 1 fully saturated rings. The van der Waals surface area contributed by atoms with Gasteiger partial charge in [-0.15, -0.1) is 0 Å². The predicted molar refractivity (Wildman–Crippen MR) is 90.0 cm³/mol. The summed E-state index contributed by atoms with van der Waals surface area (Å²) in [5.41, 5.74) is 0.617. The number of rotatable bonds is 4. The van der Waals surface area contributed by atoms with E-state index < -0.39 is 16.4 Å². The van der Waals surface area contributed by atoms with Gasteiger partial charge in [0.25, 0.3) is 0 Å². The van der Waals surface area contributed by atoms with Gasteiger partial charge in [-0.25, -0.2) is 4.21 Å². The summed E-state index contributed by atoms with van der Waals surface area (Å²) in [5.74, 6) is 0.287. The minimum Gasteiger partial charge on any atom is -0.377 e. The van der Waals surface area contributed by atoms with E-state index in [-0.39, 0.29) is 11.7 Å². The number of ketones is 1. The summed E-state index contributed by atoms with van der Waals surface area (Å²) < 4.78 is 18.1. The van der Waals surface area contributed by atoms with Crippen LogP contribution in [0.4, 0.5) is 0 Å². The van der Waals surface area contributed by atoms with Crippen molar-refractivity contribution in [1.29, 1.82) is 0 Å². The fourth-order valence-electron chi connectivity index (χ4n) is 3.22. The van der Waals surface area contributed by atoms with Crippen LogP contribution in [0.5, 0.6) is 0 Å². The Morgan fingerprint density at radius 3 is 2.26 bits per heavy atom. The lowest BCUT2D eigenvalue weighted by Gasteiger charge is -2.29. The lowest BCUT2D eigenvalue weighted by molar-refractivity contribution is -0.119. The maximum Gasteiger partial charge on any atom is 0.136 e. The summed E-state index contributed by atoms with van der Waals surface area (Å²) in [6.07, 6.45) is 0.956. The molecule has 1 unspecified atom stereocenters. The fourth-order valence-corrected chi connectivity index (χ4v) is 4.28. The van der Waals surface area contributed by atoms with Crippen molar-refractivity contribution in [2.45, 2.75) is 41.1 Å². The summed E-state index contributed by atoms with van der Waals surface area (Å²) in [4.78, 5) is 13.4. The Bertz CT molecular complexity index is 724. The normalized spacial score (nSPS) is 25.5. The molecule has 0 saturated heterocycles. The van der Waals surface area contributed by atoms with Crippen molar-refractivity contribution < 1.29 is 13.7 Å². The fraction of sp³-hybridized carbons (Fsp3) is 0.316. The molecule has 23 heavy (non-hydrogen) atoms. The van der Waals surface area contributed by atoms with Crippen molar-refractivity contribution in [1.82, 2.24) is 0 Å². The molecule has 120 valence electrons. The second-order valence-electron chi connectivity index (χ2n) is 6.14. The Labute approximate surface area is 139 Å². The third-order valence-electron chi connectivity index (χ3n) is 4.64. The minimum absolute atomic E-state index is 0.0548. The van der Waals surface area contributed by atoms with E-state index in [0.29, 0.717) is 12.8 Å². The van der Waals surface area contributed by atoms with Gasteiger partial charge in [0.1, 0.15) is 5.78 Å². The number of benzene rings is 2. The lowest BCUT2D eigenvalue weighted by Crippen LogP contribution is -2.30. The highest BCUT2D eigenvalue weighted by Crippen LogP contribution is 2.43. The third-order valence-corrected chi connectivity index (χ3v) is 6.04. The summed E-state index contributed by atoms with van der Waals surface area (Å²) >= 11 is 0. The van der Waals surface area contributed by atoms with Gasteiger partial charge in [-0.3, -0.25) is 4.79 Å². The molecule has 0 spiro atoms. The molecule has 0 aliphatic heterocycles. The highest BCUT2D eigenvalue weighted by atomic mass is 32.2. The van der Waals surface area contributed by atoms with Crippen molar-refractivity contribution in [3.8, 4) is 0 Å². The zero-order chi connectivity index (χ0) is 16.4. The SMILES string of the molecule is CO[C@@]1(C)CC(=O)C[C@@H]1c1ccc(S(=O)c2ccccc2)cc1. The Morgan fingerprint density at radius 2 is 1.65 bits per heavy atom. The van der Waals surface area contributed by atoms with Crippen LogP contribution in [-0.2, 0) is 20.3 Å². The van der Waals surface area contributed by atoms with Gasteiger partial charge in [-0.1, -0.05) is 30.3 Å². The van der Waals surface area contributed by atoms with Gasteiger partial charge in [-0.05, 0) is 36.8 Å². The molecule has 1 saturated carbocycles. The molecule has 3 atom stereocenters. The van der Waals surface area contributed by atoms with Gasteiger partial charge >= 0.3 is 0 Å². The summed E-state index contributed by atoms with van der Waals surface area (Å²) in [6, 6.07) is 17.1. The van der Waals surface area contributed by atoms with Crippen molar-refractivity contribution in [2.75, 3.05) is 7.11 Å². The molecule has 0 radical (unpaired) electrons. The van der Waals surface area contributed by atoms with Crippen LogP contribution in [0.15, 0.2) is 64.4 Å². The molecule has 3 nitrogen and oxygen atoms in total. The van der Waals surface area contributed by atoms with Gasteiger partial charge in [-0.2, -0.15) is 0 Å². The molecular formula is C19H20O3S. The van der Waals surface area contributed by atoms with Gasteiger partial charge in [0.15, 0.2) is 0 Å². The average Bonchev–Trinajstić information content (AvgIpc) is 2.90. The molecule has 4 heteroatoms. The molecule has 2 aromatic rings. The van der Waals surface area contributed by atoms with Crippen LogP contribution in [0.2, 0.25) is 0 Å². The maximum absolute atomic E-state index is 12.5. The number of carbonyl (C=O) groups excluding carboxylic acids is 1. The van der Waals surface area contributed by atoms with Crippen LogP contribution >= 0.6 is 0 Å². The Morgan fingerprint density at radius 1 is 1.04 bits per heavy atom. The number of hydrogen-bond donors (Lipinski definition) is 0. The second kappa shape index (κ2) is 6.38. The van der Waals surface area contributed by atoms with Crippen molar-refractivity contribution >= 4 is 16.6 Å². The van der Waals surface area contributed by atoms with Crippen molar-refractivity contribution in [3.63, 3.8) is 0 Å². The van der Waals surface area contributed by atoms with E-state index in [9.17, 15) is 9.00 Å². The number of hydrogen-bond acceptors (Lipinski definition) is 3. The first-order valence-electron chi connectivity index (χ1n) is 7.67. The summed E-state index contributed by atoms with van der Waals surface area (Å²) in [7, 11) is 0.474.